The molecule has 0 amide bonds. The number of thiol groups is 1. The van der Waals surface area contributed by atoms with Gasteiger partial charge in [-0.1, -0.05) is 91.1 Å². The molecule has 0 unspecified atom stereocenters. The van der Waals surface area contributed by atoms with E-state index in [4.69, 9.17) is 12.2 Å². The van der Waals surface area contributed by atoms with Gasteiger partial charge >= 0.3 is 0 Å². The largest absolute Gasteiger partial charge is 0.355 e. The van der Waals surface area contributed by atoms with Crippen molar-refractivity contribution in [2.45, 2.75) is 5.41 Å². The van der Waals surface area contributed by atoms with E-state index in [-0.39, 0.29) is 0 Å². The molecule has 0 saturated heterocycles. The zero-order valence-electron chi connectivity index (χ0n) is 15.5. The van der Waals surface area contributed by atoms with Gasteiger partial charge in [-0.15, -0.1) is 12.6 Å². The van der Waals surface area contributed by atoms with Gasteiger partial charge in [0.15, 0.2) is 0 Å². The number of rotatable bonds is 1. The SMILES string of the molecule is S=C(S)c1cccc2c1C1(c3ccccc3Nc3ccccc31)c1ccccc1-2. The number of thiocarbonyl (C=S) groups is 1. The van der Waals surface area contributed by atoms with Gasteiger partial charge in [0, 0.05) is 16.9 Å². The number of fused-ring (bicyclic) bond motifs is 9. The van der Waals surface area contributed by atoms with Crippen LogP contribution in [-0.4, -0.2) is 4.20 Å². The van der Waals surface area contributed by atoms with E-state index in [1.807, 2.05) is 0 Å². The summed E-state index contributed by atoms with van der Waals surface area (Å²) in [5.74, 6) is 0. The molecule has 0 atom stereocenters. The normalized spacial score (nSPS) is 14.4. The number of nitrogens with one attached hydrogen (secondary N) is 1. The number of hydrogen-bond acceptors (Lipinski definition) is 2. The molecule has 1 aliphatic heterocycles. The highest BCUT2D eigenvalue weighted by Gasteiger charge is 2.51. The molecule has 3 heteroatoms. The Hall–Kier alpha value is -2.88. The van der Waals surface area contributed by atoms with Crippen molar-refractivity contribution in [1.82, 2.24) is 0 Å². The molecule has 0 saturated carbocycles. The number of hydrogen-bond donors (Lipinski definition) is 2. The first-order valence-corrected chi connectivity index (χ1v) is 10.5. The summed E-state index contributed by atoms with van der Waals surface area (Å²) in [6.07, 6.45) is 0. The van der Waals surface area contributed by atoms with E-state index in [0.29, 0.717) is 4.20 Å². The van der Waals surface area contributed by atoms with Gasteiger partial charge in [0.05, 0.1) is 9.61 Å². The van der Waals surface area contributed by atoms with Gasteiger partial charge in [-0.2, -0.15) is 0 Å². The maximum atomic E-state index is 5.61. The lowest BCUT2D eigenvalue weighted by Crippen LogP contribution is -2.34. The molecule has 0 aromatic heterocycles. The van der Waals surface area contributed by atoms with Crippen molar-refractivity contribution in [2.24, 2.45) is 0 Å². The molecule has 0 fully saturated rings. The van der Waals surface area contributed by atoms with Crippen molar-refractivity contribution in [3.05, 3.63) is 119 Å². The third-order valence-electron chi connectivity index (χ3n) is 6.22. The smallest absolute Gasteiger partial charge is 0.0760 e. The van der Waals surface area contributed by atoms with Gasteiger partial charge in [0.25, 0.3) is 0 Å². The van der Waals surface area contributed by atoms with Gasteiger partial charge in [0.1, 0.15) is 0 Å². The van der Waals surface area contributed by atoms with Crippen LogP contribution in [-0.2, 0) is 5.41 Å². The third kappa shape index (κ3) is 2.09. The highest BCUT2D eigenvalue weighted by molar-refractivity contribution is 8.11. The minimum Gasteiger partial charge on any atom is -0.355 e. The monoisotopic (exact) mass is 407 g/mol. The van der Waals surface area contributed by atoms with Gasteiger partial charge < -0.3 is 5.32 Å². The van der Waals surface area contributed by atoms with Crippen LogP contribution in [0.3, 0.4) is 0 Å². The highest BCUT2D eigenvalue weighted by Crippen LogP contribution is 2.61. The first-order valence-electron chi connectivity index (χ1n) is 9.65. The van der Waals surface area contributed by atoms with E-state index in [2.05, 4.69) is 109 Å². The third-order valence-corrected chi connectivity index (χ3v) is 6.68. The molecule has 138 valence electrons. The molecule has 2 aliphatic rings. The summed E-state index contributed by atoms with van der Waals surface area (Å²) in [5.41, 5.74) is 10.4. The molecular formula is C26H17NS2. The van der Waals surface area contributed by atoms with E-state index >= 15 is 0 Å². The van der Waals surface area contributed by atoms with Crippen LogP contribution in [0.15, 0.2) is 91.0 Å². The topological polar surface area (TPSA) is 12.0 Å². The van der Waals surface area contributed by atoms with Gasteiger partial charge in [-0.25, -0.2) is 0 Å². The van der Waals surface area contributed by atoms with Crippen LogP contribution in [0.2, 0.25) is 0 Å². The lowest BCUT2D eigenvalue weighted by molar-refractivity contribution is 0.762. The second-order valence-corrected chi connectivity index (χ2v) is 8.70. The Bertz CT molecular complexity index is 1280. The van der Waals surface area contributed by atoms with E-state index in [1.165, 1.54) is 33.4 Å². The molecule has 4 aromatic carbocycles. The summed E-state index contributed by atoms with van der Waals surface area (Å²) in [5, 5.41) is 3.65. The van der Waals surface area contributed by atoms with Crippen LogP contribution in [0, 0.1) is 0 Å². The molecule has 1 nitrogen and oxygen atoms in total. The molecule has 1 spiro atoms. The van der Waals surface area contributed by atoms with E-state index in [0.717, 1.165) is 16.9 Å². The molecule has 1 N–H and O–H groups in total. The maximum absolute atomic E-state index is 5.61. The molecule has 0 radical (unpaired) electrons. The summed E-state index contributed by atoms with van der Waals surface area (Å²) in [4.78, 5) is 0. The fourth-order valence-electron chi connectivity index (χ4n) is 5.23. The zero-order valence-corrected chi connectivity index (χ0v) is 17.2. The van der Waals surface area contributed by atoms with Crippen LogP contribution in [0.5, 0.6) is 0 Å². The second-order valence-electron chi connectivity index (χ2n) is 7.55. The van der Waals surface area contributed by atoms with Crippen molar-refractivity contribution >= 4 is 40.4 Å². The van der Waals surface area contributed by atoms with E-state index in [1.54, 1.807) is 0 Å². The Morgan fingerprint density at radius 1 is 0.655 bits per heavy atom. The molecule has 1 heterocycles. The van der Waals surface area contributed by atoms with E-state index in [9.17, 15) is 0 Å². The number of anilines is 2. The molecule has 6 rings (SSSR count). The Morgan fingerprint density at radius 2 is 1.21 bits per heavy atom. The summed E-state index contributed by atoms with van der Waals surface area (Å²) in [6.45, 7) is 0. The first kappa shape index (κ1) is 17.0. The predicted molar refractivity (Wildman–Crippen MR) is 128 cm³/mol. The van der Waals surface area contributed by atoms with Gasteiger partial charge in [-0.3, -0.25) is 0 Å². The Kier molecular flexibility index (Phi) is 3.55. The van der Waals surface area contributed by atoms with Crippen LogP contribution >= 0.6 is 24.8 Å². The maximum Gasteiger partial charge on any atom is 0.0760 e. The summed E-state index contributed by atoms with van der Waals surface area (Å²) >= 11 is 10.2. The Balaban J connectivity index is 1.89. The second kappa shape index (κ2) is 6.06. The molecular weight excluding hydrogens is 390 g/mol. The molecule has 29 heavy (non-hydrogen) atoms. The number of para-hydroxylation sites is 2. The van der Waals surface area contributed by atoms with Crippen LogP contribution in [0.1, 0.15) is 27.8 Å². The van der Waals surface area contributed by atoms with E-state index < -0.39 is 5.41 Å². The lowest BCUT2D eigenvalue weighted by atomic mass is 9.64. The zero-order chi connectivity index (χ0) is 19.6. The van der Waals surface area contributed by atoms with Crippen molar-refractivity contribution in [1.29, 1.82) is 0 Å². The van der Waals surface area contributed by atoms with Gasteiger partial charge in [-0.05, 0) is 45.5 Å². The first-order chi connectivity index (χ1) is 14.2. The van der Waals surface area contributed by atoms with Crippen molar-refractivity contribution in [2.75, 3.05) is 5.32 Å². The summed E-state index contributed by atoms with van der Waals surface area (Å²) in [7, 11) is 0. The molecule has 4 aromatic rings. The summed E-state index contributed by atoms with van der Waals surface area (Å²) in [6, 6.07) is 32.4. The number of benzene rings is 4. The average Bonchev–Trinajstić information content (AvgIpc) is 3.06. The van der Waals surface area contributed by atoms with Crippen LogP contribution in [0.25, 0.3) is 11.1 Å². The predicted octanol–water partition coefficient (Wildman–Crippen LogP) is 6.71. The fraction of sp³-hybridized carbons (Fsp3) is 0.0385. The Morgan fingerprint density at radius 3 is 1.86 bits per heavy atom. The fourth-order valence-corrected chi connectivity index (χ4v) is 5.58. The van der Waals surface area contributed by atoms with Crippen molar-refractivity contribution in [3.8, 4) is 11.1 Å². The average molecular weight is 408 g/mol. The quantitative estimate of drug-likeness (QED) is 0.232. The van der Waals surface area contributed by atoms with Crippen molar-refractivity contribution < 1.29 is 0 Å². The van der Waals surface area contributed by atoms with Crippen LogP contribution < -0.4 is 5.32 Å². The minimum atomic E-state index is -0.423. The lowest BCUT2D eigenvalue weighted by Gasteiger charge is -2.41. The van der Waals surface area contributed by atoms with Gasteiger partial charge in [0.2, 0.25) is 0 Å². The van der Waals surface area contributed by atoms with Crippen LogP contribution in [0.4, 0.5) is 11.4 Å². The highest BCUT2D eigenvalue weighted by atomic mass is 32.1. The Labute approximate surface area is 180 Å². The summed E-state index contributed by atoms with van der Waals surface area (Å²) < 4.78 is 0.627. The molecule has 0 bridgehead atoms. The standard InChI is InChI=1S/C26H17NS2/c28-25(29)18-10-7-9-17-16-8-1-2-11-19(16)26(24(17)18)20-12-3-5-14-22(20)27-23-15-6-4-13-21(23)26/h1-15,27H,(H,28,29). The molecule has 1 aliphatic carbocycles. The minimum absolute atomic E-state index is 0.423. The van der Waals surface area contributed by atoms with Crippen molar-refractivity contribution in [3.63, 3.8) is 0 Å².